The molecule has 0 saturated carbocycles. The standard InChI is InChI=1S/C13H12BrClN2/c1-17(10-7-5-9(14)6-8-10)13-11(15)3-2-4-12(13)16/h2-8H,16H2,1H3. The Morgan fingerprint density at radius 2 is 1.76 bits per heavy atom. The van der Waals surface area contributed by atoms with Crippen LogP contribution < -0.4 is 10.6 Å². The van der Waals surface area contributed by atoms with Crippen molar-refractivity contribution in [3.05, 3.63) is 52.0 Å². The average molecular weight is 312 g/mol. The van der Waals surface area contributed by atoms with Crippen molar-refractivity contribution in [3.63, 3.8) is 0 Å². The maximum atomic E-state index is 6.17. The summed E-state index contributed by atoms with van der Waals surface area (Å²) in [5.74, 6) is 0. The Morgan fingerprint density at radius 3 is 2.35 bits per heavy atom. The van der Waals surface area contributed by atoms with E-state index < -0.39 is 0 Å². The number of hydrogen-bond donors (Lipinski definition) is 1. The number of rotatable bonds is 2. The van der Waals surface area contributed by atoms with E-state index in [2.05, 4.69) is 15.9 Å². The highest BCUT2D eigenvalue weighted by Crippen LogP contribution is 2.35. The van der Waals surface area contributed by atoms with Crippen molar-refractivity contribution < 1.29 is 0 Å². The number of nitrogens with zero attached hydrogens (tertiary/aromatic N) is 1. The van der Waals surface area contributed by atoms with Gasteiger partial charge < -0.3 is 10.6 Å². The van der Waals surface area contributed by atoms with Gasteiger partial charge in [0.05, 0.1) is 16.4 Å². The van der Waals surface area contributed by atoms with Gasteiger partial charge in [-0.15, -0.1) is 0 Å². The number of hydrogen-bond acceptors (Lipinski definition) is 2. The minimum absolute atomic E-state index is 0.649. The quantitative estimate of drug-likeness (QED) is 0.830. The minimum Gasteiger partial charge on any atom is -0.397 e. The van der Waals surface area contributed by atoms with E-state index in [-0.39, 0.29) is 0 Å². The van der Waals surface area contributed by atoms with Crippen LogP contribution in [0, 0.1) is 0 Å². The molecule has 0 radical (unpaired) electrons. The lowest BCUT2D eigenvalue weighted by atomic mass is 10.2. The van der Waals surface area contributed by atoms with Crippen LogP contribution in [0.1, 0.15) is 0 Å². The summed E-state index contributed by atoms with van der Waals surface area (Å²) in [7, 11) is 1.95. The lowest BCUT2D eigenvalue weighted by molar-refractivity contribution is 1.21. The van der Waals surface area contributed by atoms with Gasteiger partial charge in [0.1, 0.15) is 0 Å². The van der Waals surface area contributed by atoms with Crippen LogP contribution in [0.4, 0.5) is 17.1 Å². The number of para-hydroxylation sites is 1. The molecule has 2 aromatic carbocycles. The third-order valence-corrected chi connectivity index (χ3v) is 3.40. The fourth-order valence-electron chi connectivity index (χ4n) is 1.68. The Bertz CT molecular complexity index is 505. The van der Waals surface area contributed by atoms with E-state index in [4.69, 9.17) is 17.3 Å². The summed E-state index contributed by atoms with van der Waals surface area (Å²) >= 11 is 9.59. The molecule has 0 aromatic heterocycles. The first-order chi connectivity index (χ1) is 8.09. The molecule has 0 unspecified atom stereocenters. The van der Waals surface area contributed by atoms with E-state index in [0.717, 1.165) is 15.8 Å². The van der Waals surface area contributed by atoms with Gasteiger partial charge in [-0.3, -0.25) is 0 Å². The van der Waals surface area contributed by atoms with Gasteiger partial charge >= 0.3 is 0 Å². The lowest BCUT2D eigenvalue weighted by Crippen LogP contribution is -2.12. The Hall–Kier alpha value is -1.19. The highest BCUT2D eigenvalue weighted by molar-refractivity contribution is 9.10. The first kappa shape index (κ1) is 12.3. The van der Waals surface area contributed by atoms with Gasteiger partial charge in [-0.25, -0.2) is 0 Å². The van der Waals surface area contributed by atoms with Gasteiger partial charge in [-0.1, -0.05) is 33.6 Å². The lowest BCUT2D eigenvalue weighted by Gasteiger charge is -2.22. The summed E-state index contributed by atoms with van der Waals surface area (Å²) in [4.78, 5) is 1.98. The number of nitrogens with two attached hydrogens (primary N) is 1. The van der Waals surface area contributed by atoms with Gasteiger partial charge in [0.15, 0.2) is 0 Å². The highest BCUT2D eigenvalue weighted by Gasteiger charge is 2.11. The predicted octanol–water partition coefficient (Wildman–Crippen LogP) is 4.45. The summed E-state index contributed by atoms with van der Waals surface area (Å²) in [6.07, 6.45) is 0. The van der Waals surface area contributed by atoms with Crippen LogP contribution in [0.5, 0.6) is 0 Å². The smallest absolute Gasteiger partial charge is 0.0830 e. The molecule has 0 atom stereocenters. The van der Waals surface area contributed by atoms with Crippen molar-refractivity contribution in [1.82, 2.24) is 0 Å². The van der Waals surface area contributed by atoms with Crippen molar-refractivity contribution in [1.29, 1.82) is 0 Å². The Balaban J connectivity index is 2.43. The molecule has 17 heavy (non-hydrogen) atoms. The third-order valence-electron chi connectivity index (χ3n) is 2.57. The third kappa shape index (κ3) is 2.56. The predicted molar refractivity (Wildman–Crippen MR) is 78.1 cm³/mol. The van der Waals surface area contributed by atoms with Gasteiger partial charge in [0.25, 0.3) is 0 Å². The second-order valence-electron chi connectivity index (χ2n) is 3.71. The monoisotopic (exact) mass is 310 g/mol. The molecule has 0 bridgehead atoms. The normalized spacial score (nSPS) is 10.3. The number of anilines is 3. The van der Waals surface area contributed by atoms with Gasteiger partial charge in [0, 0.05) is 17.2 Å². The maximum absolute atomic E-state index is 6.17. The molecule has 2 N–H and O–H groups in total. The van der Waals surface area contributed by atoms with Gasteiger partial charge in [-0.2, -0.15) is 0 Å². The largest absolute Gasteiger partial charge is 0.397 e. The first-order valence-electron chi connectivity index (χ1n) is 5.13. The molecule has 0 aliphatic carbocycles. The first-order valence-corrected chi connectivity index (χ1v) is 6.30. The van der Waals surface area contributed by atoms with Crippen LogP contribution in [-0.4, -0.2) is 7.05 Å². The van der Waals surface area contributed by atoms with Gasteiger partial charge in [-0.05, 0) is 36.4 Å². The second-order valence-corrected chi connectivity index (χ2v) is 5.04. The fourth-order valence-corrected chi connectivity index (χ4v) is 2.25. The van der Waals surface area contributed by atoms with Crippen LogP contribution >= 0.6 is 27.5 Å². The van der Waals surface area contributed by atoms with Crippen molar-refractivity contribution in [2.24, 2.45) is 0 Å². The van der Waals surface area contributed by atoms with Crippen molar-refractivity contribution in [2.45, 2.75) is 0 Å². The summed E-state index contributed by atoms with van der Waals surface area (Å²) in [5, 5.41) is 0.649. The topological polar surface area (TPSA) is 29.3 Å². The molecule has 0 aliphatic heterocycles. The minimum atomic E-state index is 0.649. The van der Waals surface area contributed by atoms with Crippen molar-refractivity contribution in [3.8, 4) is 0 Å². The molecule has 0 aliphatic rings. The molecule has 2 rings (SSSR count). The van der Waals surface area contributed by atoms with E-state index in [1.54, 1.807) is 0 Å². The van der Waals surface area contributed by atoms with Crippen LogP contribution in [0.2, 0.25) is 5.02 Å². The number of nitrogen functional groups attached to an aromatic ring is 1. The molecule has 2 aromatic rings. The zero-order valence-corrected chi connectivity index (χ0v) is 11.7. The zero-order valence-electron chi connectivity index (χ0n) is 9.32. The molecule has 4 heteroatoms. The zero-order chi connectivity index (χ0) is 12.4. The van der Waals surface area contributed by atoms with Crippen LogP contribution in [0.15, 0.2) is 46.9 Å². The van der Waals surface area contributed by atoms with Crippen molar-refractivity contribution in [2.75, 3.05) is 17.7 Å². The Kier molecular flexibility index (Phi) is 3.60. The fraction of sp³-hybridized carbons (Fsp3) is 0.0769. The summed E-state index contributed by atoms with van der Waals surface area (Å²) in [5.41, 5.74) is 8.49. The highest BCUT2D eigenvalue weighted by atomic mass is 79.9. The SMILES string of the molecule is CN(c1ccc(Br)cc1)c1c(N)cccc1Cl. The summed E-state index contributed by atoms with van der Waals surface area (Å²) < 4.78 is 1.04. The van der Waals surface area contributed by atoms with Crippen molar-refractivity contribution >= 4 is 44.6 Å². The average Bonchev–Trinajstić information content (AvgIpc) is 2.29. The Morgan fingerprint density at radius 1 is 1.12 bits per heavy atom. The van der Waals surface area contributed by atoms with E-state index in [1.807, 2.05) is 54.4 Å². The van der Waals surface area contributed by atoms with E-state index in [9.17, 15) is 0 Å². The molecule has 2 nitrogen and oxygen atoms in total. The van der Waals surface area contributed by atoms with Crippen LogP contribution in [0.25, 0.3) is 0 Å². The maximum Gasteiger partial charge on any atom is 0.0830 e. The second kappa shape index (κ2) is 4.98. The van der Waals surface area contributed by atoms with Crippen LogP contribution in [0.3, 0.4) is 0 Å². The van der Waals surface area contributed by atoms with Gasteiger partial charge in [0.2, 0.25) is 0 Å². The molecule has 88 valence electrons. The van der Waals surface area contributed by atoms with E-state index in [0.29, 0.717) is 10.7 Å². The van der Waals surface area contributed by atoms with E-state index in [1.165, 1.54) is 0 Å². The number of benzene rings is 2. The Labute approximate surface area is 114 Å². The molecule has 0 saturated heterocycles. The van der Waals surface area contributed by atoms with Crippen LogP contribution in [-0.2, 0) is 0 Å². The number of halogens is 2. The molecule has 0 heterocycles. The summed E-state index contributed by atoms with van der Waals surface area (Å²) in [6.45, 7) is 0. The summed E-state index contributed by atoms with van der Waals surface area (Å²) in [6, 6.07) is 13.5. The molecular weight excluding hydrogens is 300 g/mol. The molecule has 0 amide bonds. The van der Waals surface area contributed by atoms with E-state index >= 15 is 0 Å². The molecule has 0 spiro atoms. The molecular formula is C13H12BrClN2. The molecule has 0 fully saturated rings.